The highest BCUT2D eigenvalue weighted by Crippen LogP contribution is 2.32. The molecule has 0 saturated heterocycles. The van der Waals surface area contributed by atoms with Gasteiger partial charge in [-0.15, -0.1) is 0 Å². The van der Waals surface area contributed by atoms with Gasteiger partial charge in [-0.2, -0.15) is 4.99 Å². The highest BCUT2D eigenvalue weighted by Gasteiger charge is 2.32. The number of thiazole rings is 1. The Hall–Kier alpha value is -3.83. The zero-order valence-electron chi connectivity index (χ0n) is 19.2. The highest BCUT2D eigenvalue weighted by molar-refractivity contribution is 8.14. The number of aromatic nitrogens is 1. The van der Waals surface area contributed by atoms with E-state index in [0.717, 1.165) is 34.2 Å². The normalized spacial score (nSPS) is 15.1. The first-order chi connectivity index (χ1) is 17.4. The van der Waals surface area contributed by atoms with Crippen molar-refractivity contribution in [1.82, 2.24) is 10.3 Å². The van der Waals surface area contributed by atoms with Crippen LogP contribution in [0, 0.1) is 5.92 Å². The van der Waals surface area contributed by atoms with Crippen molar-refractivity contribution >= 4 is 57.1 Å². The predicted molar refractivity (Wildman–Crippen MR) is 139 cm³/mol. The number of nitrogens with zero attached hydrogens (tertiary/aromatic N) is 2. The Balaban J connectivity index is 1.39. The monoisotopic (exact) mass is 522 g/mol. The van der Waals surface area contributed by atoms with Crippen molar-refractivity contribution in [2.24, 2.45) is 10.9 Å². The van der Waals surface area contributed by atoms with Gasteiger partial charge in [0.1, 0.15) is 10.8 Å². The Morgan fingerprint density at radius 1 is 1.08 bits per heavy atom. The molecule has 2 N–H and O–H groups in total. The molecule has 0 radical (unpaired) electrons. The molecule has 36 heavy (non-hydrogen) atoms. The lowest BCUT2D eigenvalue weighted by atomic mass is 9.97. The topological polar surface area (TPSA) is 127 Å². The number of aliphatic imine (C=N–C) groups is 1. The summed E-state index contributed by atoms with van der Waals surface area (Å²) < 4.78 is 5.13. The zero-order chi connectivity index (χ0) is 25.5. The summed E-state index contributed by atoms with van der Waals surface area (Å²) in [6, 6.07) is 18.3. The molecule has 1 aromatic heterocycles. The zero-order valence-corrected chi connectivity index (χ0v) is 20.9. The number of amides is 3. The lowest BCUT2D eigenvalue weighted by Crippen LogP contribution is -2.44. The third-order valence-corrected chi connectivity index (χ3v) is 6.88. The average molecular weight is 523 g/mol. The molecule has 1 unspecified atom stereocenters. The number of ether oxygens (including phenoxy) is 1. The summed E-state index contributed by atoms with van der Waals surface area (Å²) in [5.41, 5.74) is 1.99. The molecule has 1 atom stereocenters. The van der Waals surface area contributed by atoms with Gasteiger partial charge < -0.3 is 15.4 Å². The molecule has 11 heteroatoms. The lowest BCUT2D eigenvalue weighted by Gasteiger charge is -2.19. The largest absolute Gasteiger partial charge is 0.462 e. The number of amidine groups is 1. The Bertz CT molecular complexity index is 1310. The summed E-state index contributed by atoms with van der Waals surface area (Å²) in [7, 11) is 0. The van der Waals surface area contributed by atoms with Crippen LogP contribution in [0.25, 0.3) is 11.3 Å². The van der Waals surface area contributed by atoms with Crippen molar-refractivity contribution in [3.05, 3.63) is 71.1 Å². The SMILES string of the molecule is CCOC(=O)c1sc(NC(=O)CSC2=NC(=O)C(Cc3ccccc3)C(=O)N2)nc1-c1ccccc1. The van der Waals surface area contributed by atoms with E-state index in [1.54, 1.807) is 6.92 Å². The van der Waals surface area contributed by atoms with Gasteiger partial charge >= 0.3 is 5.97 Å². The first kappa shape index (κ1) is 25.3. The van der Waals surface area contributed by atoms with Crippen molar-refractivity contribution in [2.45, 2.75) is 13.3 Å². The van der Waals surface area contributed by atoms with E-state index in [1.165, 1.54) is 0 Å². The summed E-state index contributed by atoms with van der Waals surface area (Å²) in [5, 5.41) is 5.56. The molecule has 3 aromatic rings. The summed E-state index contributed by atoms with van der Waals surface area (Å²) in [5.74, 6) is -2.97. The molecule has 3 amide bonds. The van der Waals surface area contributed by atoms with Crippen LogP contribution >= 0.6 is 23.1 Å². The van der Waals surface area contributed by atoms with Crippen LogP contribution in [0.3, 0.4) is 0 Å². The fourth-order valence-electron chi connectivity index (χ4n) is 3.40. The molecule has 0 saturated carbocycles. The van der Waals surface area contributed by atoms with Gasteiger partial charge in [-0.25, -0.2) is 9.78 Å². The maximum absolute atomic E-state index is 12.5. The molecule has 0 spiro atoms. The van der Waals surface area contributed by atoms with Gasteiger partial charge in [0.15, 0.2) is 10.3 Å². The number of esters is 1. The van der Waals surface area contributed by atoms with Gasteiger partial charge in [0.05, 0.1) is 18.1 Å². The molecule has 9 nitrogen and oxygen atoms in total. The van der Waals surface area contributed by atoms with Crippen LogP contribution < -0.4 is 10.6 Å². The second-order valence-corrected chi connectivity index (χ2v) is 9.57. The molecule has 1 aliphatic rings. The van der Waals surface area contributed by atoms with E-state index in [0.29, 0.717) is 5.69 Å². The fraction of sp³-hybridized carbons (Fsp3) is 0.200. The number of nitrogens with one attached hydrogen (secondary N) is 2. The number of anilines is 1. The van der Waals surface area contributed by atoms with Crippen LogP contribution in [0.1, 0.15) is 22.2 Å². The fourth-order valence-corrected chi connectivity index (χ4v) is 4.96. The van der Waals surface area contributed by atoms with Crippen molar-refractivity contribution in [3.63, 3.8) is 0 Å². The summed E-state index contributed by atoms with van der Waals surface area (Å²) in [6.07, 6.45) is 0.254. The quantitative estimate of drug-likeness (QED) is 0.342. The van der Waals surface area contributed by atoms with E-state index in [2.05, 4.69) is 20.6 Å². The number of hydrogen-bond donors (Lipinski definition) is 2. The van der Waals surface area contributed by atoms with E-state index in [4.69, 9.17) is 4.74 Å². The maximum Gasteiger partial charge on any atom is 0.350 e. The van der Waals surface area contributed by atoms with Crippen LogP contribution in [0.2, 0.25) is 0 Å². The van der Waals surface area contributed by atoms with E-state index in [-0.39, 0.29) is 34.0 Å². The molecule has 0 aliphatic carbocycles. The minimum Gasteiger partial charge on any atom is -0.462 e. The Labute approximate surface area is 215 Å². The van der Waals surface area contributed by atoms with Crippen LogP contribution in [-0.2, 0) is 25.5 Å². The molecule has 2 heterocycles. The molecular weight excluding hydrogens is 500 g/mol. The number of hydrogen-bond acceptors (Lipinski definition) is 8. The number of benzene rings is 2. The minimum absolute atomic E-state index is 0.0702. The van der Waals surface area contributed by atoms with E-state index >= 15 is 0 Å². The van der Waals surface area contributed by atoms with Gasteiger partial charge in [0.25, 0.3) is 5.91 Å². The van der Waals surface area contributed by atoms with Gasteiger partial charge in [-0.1, -0.05) is 83.8 Å². The summed E-state index contributed by atoms with van der Waals surface area (Å²) >= 11 is 1.95. The standard InChI is InChI=1S/C25H22N4O5S2/c1-2-34-23(33)20-19(16-11-7-4-8-12-16)27-25(36-20)26-18(30)14-35-24-28-21(31)17(22(32)29-24)13-15-9-5-3-6-10-15/h3-12,17H,2,13-14H2,1H3,(H,26,27,30)(H,28,29,31,32). The van der Waals surface area contributed by atoms with Gasteiger partial charge in [-0.3, -0.25) is 14.4 Å². The molecular formula is C25H22N4O5S2. The predicted octanol–water partition coefficient (Wildman–Crippen LogP) is 3.53. The molecule has 1 aliphatic heterocycles. The molecule has 0 bridgehead atoms. The van der Waals surface area contributed by atoms with E-state index in [1.807, 2.05) is 60.7 Å². The summed E-state index contributed by atoms with van der Waals surface area (Å²) in [4.78, 5) is 58.5. The second-order valence-electron chi connectivity index (χ2n) is 7.61. The number of carbonyl (C=O) groups excluding carboxylic acids is 4. The Morgan fingerprint density at radius 2 is 1.78 bits per heavy atom. The third-order valence-electron chi connectivity index (χ3n) is 5.06. The van der Waals surface area contributed by atoms with Crippen LogP contribution in [-0.4, -0.2) is 46.2 Å². The minimum atomic E-state index is -0.904. The molecule has 0 fully saturated rings. The van der Waals surface area contributed by atoms with Gasteiger partial charge in [0.2, 0.25) is 11.8 Å². The first-order valence-corrected chi connectivity index (χ1v) is 12.9. The molecule has 184 valence electrons. The third kappa shape index (κ3) is 6.23. The second kappa shape index (κ2) is 11.7. The summed E-state index contributed by atoms with van der Waals surface area (Å²) in [6.45, 7) is 1.92. The smallest absolute Gasteiger partial charge is 0.350 e. The molecule has 2 aromatic carbocycles. The van der Waals surface area contributed by atoms with E-state index < -0.39 is 29.6 Å². The lowest BCUT2D eigenvalue weighted by molar-refractivity contribution is -0.133. The Kier molecular flexibility index (Phi) is 8.24. The van der Waals surface area contributed by atoms with Crippen molar-refractivity contribution < 1.29 is 23.9 Å². The van der Waals surface area contributed by atoms with Crippen molar-refractivity contribution in [3.8, 4) is 11.3 Å². The van der Waals surface area contributed by atoms with Gasteiger partial charge in [0, 0.05) is 5.56 Å². The van der Waals surface area contributed by atoms with E-state index in [9.17, 15) is 19.2 Å². The number of carbonyl (C=O) groups is 4. The number of thioether (sulfide) groups is 1. The van der Waals surface area contributed by atoms with Crippen molar-refractivity contribution in [1.29, 1.82) is 0 Å². The maximum atomic E-state index is 12.5. The van der Waals surface area contributed by atoms with Crippen LogP contribution in [0.15, 0.2) is 65.7 Å². The van der Waals surface area contributed by atoms with Gasteiger partial charge in [-0.05, 0) is 18.9 Å². The molecule has 4 rings (SSSR count). The van der Waals surface area contributed by atoms with Crippen LogP contribution in [0.4, 0.5) is 5.13 Å². The average Bonchev–Trinajstić information content (AvgIpc) is 3.30. The Morgan fingerprint density at radius 3 is 2.44 bits per heavy atom. The highest BCUT2D eigenvalue weighted by atomic mass is 32.2. The number of rotatable bonds is 8. The van der Waals surface area contributed by atoms with Crippen LogP contribution in [0.5, 0.6) is 0 Å². The van der Waals surface area contributed by atoms with Crippen molar-refractivity contribution in [2.75, 3.05) is 17.7 Å². The first-order valence-electron chi connectivity index (χ1n) is 11.1.